The molecular formula is C16H20ClN3OS. The minimum absolute atomic E-state index is 0.173. The molecule has 3 heterocycles. The van der Waals surface area contributed by atoms with Crippen molar-refractivity contribution in [2.45, 2.75) is 54.8 Å². The first-order valence-corrected chi connectivity index (χ1v) is 9.08. The van der Waals surface area contributed by atoms with Crippen LogP contribution in [0.3, 0.4) is 0 Å². The molecule has 2 saturated heterocycles. The third kappa shape index (κ3) is 2.30. The molecule has 2 unspecified atom stereocenters. The monoisotopic (exact) mass is 337 g/mol. The quantitative estimate of drug-likeness (QED) is 0.881. The van der Waals surface area contributed by atoms with Gasteiger partial charge < -0.3 is 14.9 Å². The number of hydrogen-bond acceptors (Lipinski definition) is 3. The zero-order valence-electron chi connectivity index (χ0n) is 12.8. The molecule has 6 heteroatoms. The molecule has 1 aromatic heterocycles. The first kappa shape index (κ1) is 14.7. The van der Waals surface area contributed by atoms with E-state index in [4.69, 9.17) is 11.6 Å². The van der Waals surface area contributed by atoms with Gasteiger partial charge in [0.1, 0.15) is 0 Å². The summed E-state index contributed by atoms with van der Waals surface area (Å²) in [4.78, 5) is 20.9. The van der Waals surface area contributed by atoms with Gasteiger partial charge in [0, 0.05) is 22.2 Å². The van der Waals surface area contributed by atoms with Crippen molar-refractivity contribution in [3.8, 4) is 0 Å². The maximum atomic E-state index is 11.5. The summed E-state index contributed by atoms with van der Waals surface area (Å²) in [5.41, 5.74) is 2.58. The number of fused-ring (bicyclic) bond motifs is 3. The average molecular weight is 338 g/mol. The second-order valence-electron chi connectivity index (χ2n) is 6.58. The van der Waals surface area contributed by atoms with Gasteiger partial charge in [-0.1, -0.05) is 11.6 Å². The number of aromatic amines is 2. The van der Waals surface area contributed by atoms with Crippen LogP contribution in [0.15, 0.2) is 15.8 Å². The van der Waals surface area contributed by atoms with Crippen molar-refractivity contribution in [3.63, 3.8) is 0 Å². The lowest BCUT2D eigenvalue weighted by Gasteiger charge is -2.36. The predicted octanol–water partition coefficient (Wildman–Crippen LogP) is 3.54. The molecule has 2 aromatic rings. The number of nitrogens with zero attached hydrogens (tertiary/aromatic N) is 1. The molecule has 2 atom stereocenters. The summed E-state index contributed by atoms with van der Waals surface area (Å²) in [5, 5.41) is 1.37. The van der Waals surface area contributed by atoms with Gasteiger partial charge in [0.2, 0.25) is 0 Å². The van der Waals surface area contributed by atoms with Crippen LogP contribution in [0.5, 0.6) is 0 Å². The number of halogens is 1. The number of rotatable bonds is 2. The summed E-state index contributed by atoms with van der Waals surface area (Å²) in [7, 11) is 2.26. The Hall–Kier alpha value is -0.910. The number of H-pyrrole nitrogens is 2. The number of benzene rings is 1. The topological polar surface area (TPSA) is 51.9 Å². The van der Waals surface area contributed by atoms with E-state index in [0.29, 0.717) is 5.25 Å². The summed E-state index contributed by atoms with van der Waals surface area (Å²) in [6.45, 7) is 2.05. The summed E-state index contributed by atoms with van der Waals surface area (Å²) in [6, 6.07) is 3.32. The van der Waals surface area contributed by atoms with E-state index in [9.17, 15) is 4.79 Å². The predicted molar refractivity (Wildman–Crippen MR) is 92.1 cm³/mol. The average Bonchev–Trinajstić information content (AvgIpc) is 2.91. The molecule has 0 aliphatic carbocycles. The van der Waals surface area contributed by atoms with Crippen LogP contribution in [0.4, 0.5) is 0 Å². The van der Waals surface area contributed by atoms with Gasteiger partial charge in [-0.05, 0) is 51.3 Å². The van der Waals surface area contributed by atoms with Gasteiger partial charge in [-0.15, -0.1) is 11.8 Å². The highest BCUT2D eigenvalue weighted by atomic mass is 35.5. The van der Waals surface area contributed by atoms with Crippen LogP contribution >= 0.6 is 23.4 Å². The van der Waals surface area contributed by atoms with Gasteiger partial charge in [0.15, 0.2) is 0 Å². The number of nitrogens with one attached hydrogen (secondary N) is 2. The maximum Gasteiger partial charge on any atom is 0.323 e. The third-order valence-electron chi connectivity index (χ3n) is 5.30. The Morgan fingerprint density at radius 3 is 2.64 bits per heavy atom. The van der Waals surface area contributed by atoms with Gasteiger partial charge in [-0.2, -0.15) is 0 Å². The largest absolute Gasteiger partial charge is 0.323 e. The molecule has 0 amide bonds. The van der Waals surface area contributed by atoms with E-state index in [1.54, 1.807) is 0 Å². The normalized spacial score (nSPS) is 28.6. The van der Waals surface area contributed by atoms with Crippen LogP contribution in [0.2, 0.25) is 5.02 Å². The zero-order chi connectivity index (χ0) is 15.4. The van der Waals surface area contributed by atoms with Crippen LogP contribution in [0.1, 0.15) is 31.2 Å². The number of aryl methyl sites for hydroxylation is 1. The lowest BCUT2D eigenvalue weighted by Crippen LogP contribution is -2.40. The highest BCUT2D eigenvalue weighted by Gasteiger charge is 2.39. The molecular weight excluding hydrogens is 318 g/mol. The Kier molecular flexibility index (Phi) is 3.55. The standard InChI is InChI=1S/C16H20ClN3OS/c1-8-14-13(18-16(21)19-14)7-12(17)15(8)22-11-5-9-3-4-10(6-11)20(9)2/h7,9-11H,3-6H2,1-2H3,(H2,18,19,21). The van der Waals surface area contributed by atoms with Crippen molar-refractivity contribution < 1.29 is 0 Å². The van der Waals surface area contributed by atoms with E-state index in [0.717, 1.165) is 38.6 Å². The van der Waals surface area contributed by atoms with Gasteiger partial charge in [0.05, 0.1) is 16.1 Å². The second kappa shape index (κ2) is 5.32. The molecule has 0 spiro atoms. The minimum atomic E-state index is -0.173. The Balaban J connectivity index is 1.66. The molecule has 4 nitrogen and oxygen atoms in total. The summed E-state index contributed by atoms with van der Waals surface area (Å²) in [6.07, 6.45) is 5.12. The van der Waals surface area contributed by atoms with Crippen LogP contribution < -0.4 is 5.69 Å². The van der Waals surface area contributed by atoms with E-state index in [-0.39, 0.29) is 5.69 Å². The van der Waals surface area contributed by atoms with Crippen LogP contribution in [-0.4, -0.2) is 39.2 Å². The van der Waals surface area contributed by atoms with Crippen LogP contribution in [0.25, 0.3) is 11.0 Å². The summed E-state index contributed by atoms with van der Waals surface area (Å²) in [5.74, 6) is 0. The fraction of sp³-hybridized carbons (Fsp3) is 0.562. The molecule has 2 aliphatic rings. The number of piperidine rings is 1. The molecule has 1 aromatic carbocycles. The van der Waals surface area contributed by atoms with Crippen molar-refractivity contribution in [2.24, 2.45) is 0 Å². The molecule has 0 saturated carbocycles. The van der Waals surface area contributed by atoms with Crippen molar-refractivity contribution >= 4 is 34.4 Å². The molecule has 22 heavy (non-hydrogen) atoms. The van der Waals surface area contributed by atoms with E-state index >= 15 is 0 Å². The molecule has 118 valence electrons. The van der Waals surface area contributed by atoms with Crippen molar-refractivity contribution in [1.82, 2.24) is 14.9 Å². The van der Waals surface area contributed by atoms with Gasteiger partial charge in [-0.3, -0.25) is 0 Å². The van der Waals surface area contributed by atoms with Crippen molar-refractivity contribution in [3.05, 3.63) is 27.1 Å². The smallest absolute Gasteiger partial charge is 0.306 e. The summed E-state index contributed by atoms with van der Waals surface area (Å²) < 4.78 is 0. The first-order chi connectivity index (χ1) is 10.5. The molecule has 0 radical (unpaired) electrons. The van der Waals surface area contributed by atoms with Gasteiger partial charge >= 0.3 is 5.69 Å². The van der Waals surface area contributed by atoms with E-state index in [1.165, 1.54) is 25.7 Å². The number of aromatic nitrogens is 2. The highest BCUT2D eigenvalue weighted by Crippen LogP contribution is 2.44. The Morgan fingerprint density at radius 2 is 1.95 bits per heavy atom. The SMILES string of the molecule is Cc1c(SC2CC3CCC(C2)N3C)c(Cl)cc2[nH]c(=O)[nH]c12. The molecule has 2 N–H and O–H groups in total. The van der Waals surface area contributed by atoms with Crippen molar-refractivity contribution in [1.29, 1.82) is 0 Å². The number of thioether (sulfide) groups is 1. The molecule has 2 bridgehead atoms. The fourth-order valence-electron chi connectivity index (χ4n) is 4.06. The van der Waals surface area contributed by atoms with Gasteiger partial charge in [0.25, 0.3) is 0 Å². The van der Waals surface area contributed by atoms with E-state index < -0.39 is 0 Å². The molecule has 2 aliphatic heterocycles. The second-order valence-corrected chi connectivity index (χ2v) is 8.29. The minimum Gasteiger partial charge on any atom is -0.306 e. The van der Waals surface area contributed by atoms with Gasteiger partial charge in [-0.25, -0.2) is 4.79 Å². The number of hydrogen-bond donors (Lipinski definition) is 2. The highest BCUT2D eigenvalue weighted by molar-refractivity contribution is 8.00. The van der Waals surface area contributed by atoms with E-state index in [1.807, 2.05) is 24.8 Å². The maximum absolute atomic E-state index is 11.5. The lowest BCUT2D eigenvalue weighted by atomic mass is 10.0. The lowest BCUT2D eigenvalue weighted by molar-refractivity contribution is 0.183. The third-order valence-corrected chi connectivity index (χ3v) is 7.19. The Labute approximate surface area is 138 Å². The van der Waals surface area contributed by atoms with Crippen LogP contribution in [-0.2, 0) is 0 Å². The van der Waals surface area contributed by atoms with Crippen molar-refractivity contribution in [2.75, 3.05) is 7.05 Å². The Morgan fingerprint density at radius 1 is 1.27 bits per heavy atom. The molecule has 4 rings (SSSR count). The fourth-order valence-corrected chi connectivity index (χ4v) is 5.86. The van der Waals surface area contributed by atoms with E-state index in [2.05, 4.69) is 21.9 Å². The summed E-state index contributed by atoms with van der Waals surface area (Å²) >= 11 is 8.38. The Bertz CT molecular complexity index is 770. The van der Waals surface area contributed by atoms with Crippen LogP contribution in [0, 0.1) is 6.92 Å². The first-order valence-electron chi connectivity index (χ1n) is 7.82. The number of imidazole rings is 1. The zero-order valence-corrected chi connectivity index (χ0v) is 14.4. The molecule has 2 fully saturated rings.